The first-order chi connectivity index (χ1) is 8.86. The van der Waals surface area contributed by atoms with E-state index in [1.807, 2.05) is 31.6 Å². The molecule has 0 atom stereocenters. The SMILES string of the molecule is CN1C=CC=Nc2c(-c3ccccc3)cccc21.O. The molecule has 0 amide bonds. The molecule has 96 valence electrons. The molecule has 1 aliphatic rings. The molecule has 0 aliphatic carbocycles. The first-order valence-corrected chi connectivity index (χ1v) is 5.98. The Bertz CT molecular complexity index is 618. The van der Waals surface area contributed by atoms with E-state index < -0.39 is 0 Å². The van der Waals surface area contributed by atoms with Crippen LogP contribution < -0.4 is 4.90 Å². The molecular weight excluding hydrogens is 236 g/mol. The third kappa shape index (κ3) is 2.41. The average molecular weight is 252 g/mol. The Hall–Kier alpha value is -2.39. The van der Waals surface area contributed by atoms with Gasteiger partial charge in [0.1, 0.15) is 0 Å². The van der Waals surface area contributed by atoms with Crippen LogP contribution in [-0.2, 0) is 0 Å². The van der Waals surface area contributed by atoms with E-state index >= 15 is 0 Å². The highest BCUT2D eigenvalue weighted by Gasteiger charge is 2.12. The molecule has 0 saturated heterocycles. The van der Waals surface area contributed by atoms with E-state index in [9.17, 15) is 0 Å². The smallest absolute Gasteiger partial charge is 0.0944 e. The minimum Gasteiger partial charge on any atom is -0.412 e. The fraction of sp³-hybridized carbons (Fsp3) is 0.0625. The summed E-state index contributed by atoms with van der Waals surface area (Å²) in [6.45, 7) is 0. The highest BCUT2D eigenvalue weighted by Crippen LogP contribution is 2.38. The summed E-state index contributed by atoms with van der Waals surface area (Å²) in [5.41, 5.74) is 4.51. The summed E-state index contributed by atoms with van der Waals surface area (Å²) in [4.78, 5) is 6.65. The maximum atomic E-state index is 4.56. The van der Waals surface area contributed by atoms with Gasteiger partial charge in [-0.15, -0.1) is 0 Å². The van der Waals surface area contributed by atoms with Crippen LogP contribution in [0.15, 0.2) is 65.8 Å². The van der Waals surface area contributed by atoms with Gasteiger partial charge in [-0.3, -0.25) is 4.99 Å². The molecule has 0 fully saturated rings. The van der Waals surface area contributed by atoms with Gasteiger partial charge in [0.05, 0.1) is 11.4 Å². The molecule has 3 rings (SSSR count). The summed E-state index contributed by atoms with van der Waals surface area (Å²) < 4.78 is 0. The van der Waals surface area contributed by atoms with E-state index in [0.29, 0.717) is 0 Å². The van der Waals surface area contributed by atoms with Crippen molar-refractivity contribution >= 4 is 17.6 Å². The average Bonchev–Trinajstić information content (AvgIpc) is 2.62. The zero-order valence-corrected chi connectivity index (χ0v) is 10.7. The van der Waals surface area contributed by atoms with Crippen LogP contribution in [0.5, 0.6) is 0 Å². The first-order valence-electron chi connectivity index (χ1n) is 5.98. The van der Waals surface area contributed by atoms with Crippen molar-refractivity contribution in [3.05, 3.63) is 60.8 Å². The third-order valence-corrected chi connectivity index (χ3v) is 3.08. The molecule has 3 heteroatoms. The van der Waals surface area contributed by atoms with Crippen LogP contribution in [-0.4, -0.2) is 18.7 Å². The lowest BCUT2D eigenvalue weighted by molar-refractivity contribution is 0.824. The molecule has 19 heavy (non-hydrogen) atoms. The summed E-state index contributed by atoms with van der Waals surface area (Å²) in [5, 5.41) is 0. The van der Waals surface area contributed by atoms with Crippen molar-refractivity contribution in [2.45, 2.75) is 0 Å². The van der Waals surface area contributed by atoms with Crippen molar-refractivity contribution in [1.29, 1.82) is 0 Å². The zero-order chi connectivity index (χ0) is 12.4. The Morgan fingerprint density at radius 3 is 2.53 bits per heavy atom. The van der Waals surface area contributed by atoms with Crippen molar-refractivity contribution < 1.29 is 5.48 Å². The number of benzene rings is 2. The molecule has 2 N–H and O–H groups in total. The standard InChI is InChI=1S/C16H14N2.H2O/c1-18-12-6-11-17-16-14(9-5-10-15(16)18)13-7-3-2-4-8-13;/h2-12H,1H3;1H2. The second-order valence-corrected chi connectivity index (χ2v) is 4.27. The highest BCUT2D eigenvalue weighted by molar-refractivity contribution is 5.91. The van der Waals surface area contributed by atoms with Crippen LogP contribution >= 0.6 is 0 Å². The van der Waals surface area contributed by atoms with Gasteiger partial charge in [-0.05, 0) is 17.7 Å². The van der Waals surface area contributed by atoms with Gasteiger partial charge in [0.25, 0.3) is 0 Å². The molecule has 0 aromatic heterocycles. The maximum absolute atomic E-state index is 4.56. The normalized spacial score (nSPS) is 12.6. The lowest BCUT2D eigenvalue weighted by Gasteiger charge is -2.17. The van der Waals surface area contributed by atoms with Crippen LogP contribution in [0.2, 0.25) is 0 Å². The number of para-hydroxylation sites is 1. The fourth-order valence-corrected chi connectivity index (χ4v) is 2.17. The number of aliphatic imine (C=N–C) groups is 1. The van der Waals surface area contributed by atoms with Crippen molar-refractivity contribution in [3.63, 3.8) is 0 Å². The molecule has 0 bridgehead atoms. The summed E-state index contributed by atoms with van der Waals surface area (Å²) >= 11 is 0. The van der Waals surface area contributed by atoms with Gasteiger partial charge in [0, 0.05) is 25.0 Å². The lowest BCUT2D eigenvalue weighted by Crippen LogP contribution is -2.07. The highest BCUT2D eigenvalue weighted by atomic mass is 16.0. The molecule has 0 unspecified atom stereocenters. The van der Waals surface area contributed by atoms with Gasteiger partial charge in [0.15, 0.2) is 0 Å². The molecule has 2 aromatic carbocycles. The Balaban J connectivity index is 0.00000133. The Morgan fingerprint density at radius 2 is 1.74 bits per heavy atom. The second kappa shape index (κ2) is 5.50. The minimum atomic E-state index is 0. The number of anilines is 1. The minimum absolute atomic E-state index is 0. The molecule has 1 heterocycles. The van der Waals surface area contributed by atoms with E-state index in [1.54, 1.807) is 0 Å². The van der Waals surface area contributed by atoms with Gasteiger partial charge in [0.2, 0.25) is 0 Å². The molecular formula is C16H16N2O. The lowest BCUT2D eigenvalue weighted by atomic mass is 10.0. The van der Waals surface area contributed by atoms with E-state index in [-0.39, 0.29) is 5.48 Å². The van der Waals surface area contributed by atoms with Gasteiger partial charge >= 0.3 is 0 Å². The summed E-state index contributed by atoms with van der Waals surface area (Å²) in [6, 6.07) is 16.6. The van der Waals surface area contributed by atoms with Gasteiger partial charge < -0.3 is 10.4 Å². The number of hydrogen-bond donors (Lipinski definition) is 0. The van der Waals surface area contributed by atoms with E-state index in [2.05, 4.69) is 52.4 Å². The molecule has 3 nitrogen and oxygen atoms in total. The molecule has 1 aliphatic heterocycles. The molecule has 0 radical (unpaired) electrons. The summed E-state index contributed by atoms with van der Waals surface area (Å²) in [6.07, 6.45) is 5.81. The molecule has 2 aromatic rings. The van der Waals surface area contributed by atoms with Crippen molar-refractivity contribution in [2.75, 3.05) is 11.9 Å². The summed E-state index contributed by atoms with van der Waals surface area (Å²) in [7, 11) is 2.04. The number of allylic oxidation sites excluding steroid dienone is 1. The van der Waals surface area contributed by atoms with E-state index in [1.165, 1.54) is 11.1 Å². The quantitative estimate of drug-likeness (QED) is 0.768. The van der Waals surface area contributed by atoms with Crippen molar-refractivity contribution in [2.24, 2.45) is 4.99 Å². The van der Waals surface area contributed by atoms with E-state index in [0.717, 1.165) is 11.4 Å². The summed E-state index contributed by atoms with van der Waals surface area (Å²) in [5.74, 6) is 0. The van der Waals surface area contributed by atoms with Crippen LogP contribution in [0.25, 0.3) is 11.1 Å². The van der Waals surface area contributed by atoms with Crippen LogP contribution in [0.1, 0.15) is 0 Å². The van der Waals surface area contributed by atoms with Gasteiger partial charge in [-0.2, -0.15) is 0 Å². The number of nitrogens with zero attached hydrogens (tertiary/aromatic N) is 2. The fourth-order valence-electron chi connectivity index (χ4n) is 2.17. The topological polar surface area (TPSA) is 47.1 Å². The largest absolute Gasteiger partial charge is 0.412 e. The number of rotatable bonds is 1. The van der Waals surface area contributed by atoms with Gasteiger partial charge in [-0.1, -0.05) is 42.5 Å². The van der Waals surface area contributed by atoms with Crippen LogP contribution in [0.3, 0.4) is 0 Å². The zero-order valence-electron chi connectivity index (χ0n) is 10.7. The Labute approximate surface area is 112 Å². The number of fused-ring (bicyclic) bond motifs is 1. The Morgan fingerprint density at radius 1 is 0.947 bits per heavy atom. The van der Waals surface area contributed by atoms with Crippen molar-refractivity contribution in [3.8, 4) is 11.1 Å². The van der Waals surface area contributed by atoms with E-state index in [4.69, 9.17) is 0 Å². The van der Waals surface area contributed by atoms with Gasteiger partial charge in [-0.25, -0.2) is 0 Å². The first kappa shape index (κ1) is 13.1. The predicted molar refractivity (Wildman–Crippen MR) is 81.2 cm³/mol. The third-order valence-electron chi connectivity index (χ3n) is 3.08. The number of hydrogen-bond acceptors (Lipinski definition) is 2. The van der Waals surface area contributed by atoms with Crippen LogP contribution in [0, 0.1) is 0 Å². The molecule has 0 spiro atoms. The molecule has 0 saturated carbocycles. The predicted octanol–water partition coefficient (Wildman–Crippen LogP) is 3.19. The monoisotopic (exact) mass is 252 g/mol. The second-order valence-electron chi connectivity index (χ2n) is 4.27. The van der Waals surface area contributed by atoms with Crippen LogP contribution in [0.4, 0.5) is 11.4 Å². The van der Waals surface area contributed by atoms with Crippen molar-refractivity contribution in [1.82, 2.24) is 0 Å². The maximum Gasteiger partial charge on any atom is 0.0944 e. The Kier molecular flexibility index (Phi) is 3.78.